The van der Waals surface area contributed by atoms with Gasteiger partial charge in [-0.15, -0.1) is 0 Å². The van der Waals surface area contributed by atoms with Crippen LogP contribution in [0.3, 0.4) is 0 Å². The Labute approximate surface area is 88.7 Å². The van der Waals surface area contributed by atoms with Gasteiger partial charge in [0.2, 0.25) is 0 Å². The summed E-state index contributed by atoms with van der Waals surface area (Å²) >= 11 is 0. The fourth-order valence-electron chi connectivity index (χ4n) is 1.31. The van der Waals surface area contributed by atoms with Crippen LogP contribution in [0.5, 0.6) is 0 Å². The molecule has 0 saturated heterocycles. The number of ether oxygens (including phenoxy) is 1. The van der Waals surface area contributed by atoms with Crippen molar-refractivity contribution in [3.8, 4) is 0 Å². The van der Waals surface area contributed by atoms with Crippen LogP contribution in [0.4, 0.5) is 0 Å². The van der Waals surface area contributed by atoms with Crippen LogP contribution in [-0.4, -0.2) is 17.7 Å². The number of carbonyl (C=O) groups is 1. The molecule has 1 rings (SSSR count). The van der Waals surface area contributed by atoms with Crippen LogP contribution in [0.2, 0.25) is 0 Å². The van der Waals surface area contributed by atoms with Crippen LogP contribution in [0.25, 0.3) is 0 Å². The van der Waals surface area contributed by atoms with Gasteiger partial charge in [0, 0.05) is 6.61 Å². The minimum Gasteiger partial charge on any atom is -0.480 e. The molecule has 1 aromatic carbocycles. The second-order valence-corrected chi connectivity index (χ2v) is 3.15. The van der Waals surface area contributed by atoms with Crippen molar-refractivity contribution in [2.45, 2.75) is 19.6 Å². The number of carboxylic acids is 1. The quantitative estimate of drug-likeness (QED) is 0.766. The average molecular weight is 209 g/mol. The van der Waals surface area contributed by atoms with Gasteiger partial charge in [0.05, 0.1) is 6.61 Å². The average Bonchev–Trinajstić information content (AvgIpc) is 2.25. The molecule has 0 saturated carbocycles. The highest BCUT2D eigenvalue weighted by Gasteiger charge is 2.17. The number of nitrogens with two attached hydrogens (primary N) is 1. The summed E-state index contributed by atoms with van der Waals surface area (Å²) in [5.74, 6) is -1.03. The van der Waals surface area contributed by atoms with E-state index in [9.17, 15) is 4.79 Å². The molecule has 0 radical (unpaired) electrons. The molecule has 0 bridgehead atoms. The molecule has 1 aromatic rings. The van der Waals surface area contributed by atoms with E-state index in [1.165, 1.54) is 0 Å². The van der Waals surface area contributed by atoms with Crippen LogP contribution in [0.15, 0.2) is 24.3 Å². The highest BCUT2D eigenvalue weighted by molar-refractivity contribution is 5.75. The Morgan fingerprint density at radius 2 is 2.20 bits per heavy atom. The van der Waals surface area contributed by atoms with E-state index in [-0.39, 0.29) is 0 Å². The minimum absolute atomic E-state index is 0.396. The van der Waals surface area contributed by atoms with Crippen molar-refractivity contribution in [2.24, 2.45) is 5.73 Å². The zero-order valence-electron chi connectivity index (χ0n) is 8.64. The van der Waals surface area contributed by atoms with E-state index < -0.39 is 12.0 Å². The highest BCUT2D eigenvalue weighted by Crippen LogP contribution is 2.17. The Balaban J connectivity index is 2.90. The number of aliphatic carboxylic acids is 1. The number of hydrogen-bond donors (Lipinski definition) is 2. The molecule has 0 aromatic heterocycles. The van der Waals surface area contributed by atoms with Crippen LogP contribution < -0.4 is 5.73 Å². The topological polar surface area (TPSA) is 72.5 Å². The summed E-state index contributed by atoms with van der Waals surface area (Å²) in [7, 11) is 0. The second kappa shape index (κ2) is 5.48. The highest BCUT2D eigenvalue weighted by atomic mass is 16.5. The lowest BCUT2D eigenvalue weighted by molar-refractivity contribution is -0.138. The zero-order valence-corrected chi connectivity index (χ0v) is 8.64. The van der Waals surface area contributed by atoms with Crippen LogP contribution in [-0.2, 0) is 16.1 Å². The molecule has 82 valence electrons. The van der Waals surface area contributed by atoms with Gasteiger partial charge in [-0.2, -0.15) is 0 Å². The van der Waals surface area contributed by atoms with Crippen molar-refractivity contribution in [3.63, 3.8) is 0 Å². The largest absolute Gasteiger partial charge is 0.480 e. The van der Waals surface area contributed by atoms with E-state index in [2.05, 4.69) is 0 Å². The van der Waals surface area contributed by atoms with Crippen molar-refractivity contribution in [1.82, 2.24) is 0 Å². The summed E-state index contributed by atoms with van der Waals surface area (Å²) in [6.45, 7) is 2.88. The maximum atomic E-state index is 10.8. The van der Waals surface area contributed by atoms with Crippen molar-refractivity contribution in [1.29, 1.82) is 0 Å². The Hall–Kier alpha value is -1.39. The van der Waals surface area contributed by atoms with Gasteiger partial charge in [0.25, 0.3) is 0 Å². The summed E-state index contributed by atoms with van der Waals surface area (Å²) in [5.41, 5.74) is 6.99. The third-order valence-corrected chi connectivity index (χ3v) is 2.12. The van der Waals surface area contributed by atoms with Gasteiger partial charge < -0.3 is 15.6 Å². The van der Waals surface area contributed by atoms with E-state index >= 15 is 0 Å². The minimum atomic E-state index is -1.03. The smallest absolute Gasteiger partial charge is 0.325 e. The number of benzene rings is 1. The fraction of sp³-hybridized carbons (Fsp3) is 0.364. The predicted octanol–water partition coefficient (Wildman–Crippen LogP) is 1.31. The lowest BCUT2D eigenvalue weighted by atomic mass is 10.0. The summed E-state index contributed by atoms with van der Waals surface area (Å²) in [4.78, 5) is 10.8. The van der Waals surface area contributed by atoms with Crippen molar-refractivity contribution < 1.29 is 14.6 Å². The molecule has 4 nitrogen and oxygen atoms in total. The first kappa shape index (κ1) is 11.7. The number of hydrogen-bond acceptors (Lipinski definition) is 3. The molecule has 0 aliphatic heterocycles. The summed E-state index contributed by atoms with van der Waals surface area (Å²) < 4.78 is 5.24. The summed E-state index contributed by atoms with van der Waals surface area (Å²) in [5, 5.41) is 8.82. The van der Waals surface area contributed by atoms with Gasteiger partial charge in [0.1, 0.15) is 6.04 Å². The molecule has 1 atom stereocenters. The molecular formula is C11H15NO3. The molecule has 4 heteroatoms. The maximum Gasteiger partial charge on any atom is 0.325 e. The first-order valence-electron chi connectivity index (χ1n) is 4.80. The Kier molecular flexibility index (Phi) is 4.27. The predicted molar refractivity (Wildman–Crippen MR) is 56.3 cm³/mol. The lowest BCUT2D eigenvalue weighted by Crippen LogP contribution is -2.22. The third-order valence-electron chi connectivity index (χ3n) is 2.12. The molecular weight excluding hydrogens is 194 g/mol. The SMILES string of the molecule is CCOCc1ccccc1C(N)C(=O)O. The Bertz CT molecular complexity index is 338. The van der Waals surface area contributed by atoms with Gasteiger partial charge in [0.15, 0.2) is 0 Å². The molecule has 0 aliphatic rings. The number of rotatable bonds is 5. The van der Waals surface area contributed by atoms with E-state index in [1.54, 1.807) is 12.1 Å². The first-order valence-corrected chi connectivity index (χ1v) is 4.80. The van der Waals surface area contributed by atoms with Crippen LogP contribution in [0.1, 0.15) is 24.1 Å². The molecule has 0 aliphatic carbocycles. The summed E-state index contributed by atoms with van der Waals surface area (Å²) in [6, 6.07) is 6.17. The molecule has 0 heterocycles. The first-order chi connectivity index (χ1) is 7.16. The molecule has 0 fully saturated rings. The van der Waals surface area contributed by atoms with Crippen LogP contribution >= 0.6 is 0 Å². The van der Waals surface area contributed by atoms with Crippen molar-refractivity contribution in [3.05, 3.63) is 35.4 Å². The summed E-state index contributed by atoms with van der Waals surface area (Å²) in [6.07, 6.45) is 0. The third kappa shape index (κ3) is 3.04. The Morgan fingerprint density at radius 3 is 2.80 bits per heavy atom. The number of carboxylic acid groups (broad SMARTS) is 1. The molecule has 0 spiro atoms. The van der Waals surface area contributed by atoms with E-state index in [0.717, 1.165) is 5.56 Å². The van der Waals surface area contributed by atoms with E-state index in [4.69, 9.17) is 15.6 Å². The van der Waals surface area contributed by atoms with Crippen molar-refractivity contribution >= 4 is 5.97 Å². The van der Waals surface area contributed by atoms with E-state index in [0.29, 0.717) is 18.8 Å². The molecule has 15 heavy (non-hydrogen) atoms. The van der Waals surface area contributed by atoms with Gasteiger partial charge in [-0.05, 0) is 18.1 Å². The van der Waals surface area contributed by atoms with Gasteiger partial charge >= 0.3 is 5.97 Å². The van der Waals surface area contributed by atoms with Gasteiger partial charge in [-0.25, -0.2) is 0 Å². The van der Waals surface area contributed by atoms with Gasteiger partial charge in [-0.3, -0.25) is 4.79 Å². The Morgan fingerprint density at radius 1 is 1.53 bits per heavy atom. The normalized spacial score (nSPS) is 12.4. The molecule has 0 amide bonds. The zero-order chi connectivity index (χ0) is 11.3. The van der Waals surface area contributed by atoms with Crippen molar-refractivity contribution in [2.75, 3.05) is 6.61 Å². The second-order valence-electron chi connectivity index (χ2n) is 3.15. The van der Waals surface area contributed by atoms with Gasteiger partial charge in [-0.1, -0.05) is 24.3 Å². The molecule has 3 N–H and O–H groups in total. The fourth-order valence-corrected chi connectivity index (χ4v) is 1.31. The maximum absolute atomic E-state index is 10.8. The van der Waals surface area contributed by atoms with Crippen LogP contribution in [0, 0.1) is 0 Å². The lowest BCUT2D eigenvalue weighted by Gasteiger charge is -2.12. The monoisotopic (exact) mass is 209 g/mol. The standard InChI is InChI=1S/C11H15NO3/c1-2-15-7-8-5-3-4-6-9(8)10(12)11(13)14/h3-6,10H,2,7,12H2,1H3,(H,13,14). The van der Waals surface area contributed by atoms with E-state index in [1.807, 2.05) is 19.1 Å². The molecule has 1 unspecified atom stereocenters.